The maximum absolute atomic E-state index is 12.6. The van der Waals surface area contributed by atoms with Crippen LogP contribution in [-0.2, 0) is 11.3 Å². The van der Waals surface area contributed by atoms with Crippen molar-refractivity contribution in [1.82, 2.24) is 14.9 Å². The van der Waals surface area contributed by atoms with Gasteiger partial charge in [0, 0.05) is 10.4 Å². The fraction of sp³-hybridized carbons (Fsp3) is 0.278. The van der Waals surface area contributed by atoms with E-state index < -0.39 is 0 Å². The Morgan fingerprint density at radius 3 is 2.62 bits per heavy atom. The summed E-state index contributed by atoms with van der Waals surface area (Å²) in [6.45, 7) is 5.68. The molecule has 24 heavy (non-hydrogen) atoms. The highest BCUT2D eigenvalue weighted by molar-refractivity contribution is 7.22. The molecule has 0 aliphatic rings. The second-order valence-corrected chi connectivity index (χ2v) is 7.72. The molecule has 0 aliphatic heterocycles. The maximum atomic E-state index is 12.6. The van der Waals surface area contributed by atoms with Gasteiger partial charge in [0.15, 0.2) is 0 Å². The van der Waals surface area contributed by atoms with Gasteiger partial charge >= 0.3 is 0 Å². The molecule has 0 bridgehead atoms. The zero-order valence-corrected chi connectivity index (χ0v) is 14.7. The van der Waals surface area contributed by atoms with E-state index in [-0.39, 0.29) is 23.6 Å². The SMILES string of the molecule is CC(C)(C)NC(=O)Cn1cnc2cc(-c3ccccc3)sc2c1=O. The number of hydrogen-bond acceptors (Lipinski definition) is 4. The minimum atomic E-state index is -0.332. The number of rotatable bonds is 3. The summed E-state index contributed by atoms with van der Waals surface area (Å²) in [6, 6.07) is 11.8. The molecule has 3 aromatic rings. The fourth-order valence-corrected chi connectivity index (χ4v) is 3.48. The van der Waals surface area contributed by atoms with Gasteiger partial charge in [-0.15, -0.1) is 11.3 Å². The third kappa shape index (κ3) is 3.54. The first-order chi connectivity index (χ1) is 11.3. The Kier molecular flexibility index (Phi) is 4.24. The summed E-state index contributed by atoms with van der Waals surface area (Å²) in [5, 5.41) is 2.85. The number of carbonyl (C=O) groups is 1. The van der Waals surface area contributed by atoms with Crippen molar-refractivity contribution in [2.45, 2.75) is 32.9 Å². The standard InChI is InChI=1S/C18H19N3O2S/c1-18(2,3)20-15(22)10-21-11-19-13-9-14(24-16(13)17(21)23)12-7-5-4-6-8-12/h4-9,11H,10H2,1-3H3,(H,20,22). The van der Waals surface area contributed by atoms with Gasteiger partial charge in [-0.3, -0.25) is 14.2 Å². The number of thiophene rings is 1. The van der Waals surface area contributed by atoms with Crippen molar-refractivity contribution >= 4 is 27.5 Å². The number of aromatic nitrogens is 2. The normalized spacial score (nSPS) is 11.6. The lowest BCUT2D eigenvalue weighted by molar-refractivity contribution is -0.123. The Morgan fingerprint density at radius 2 is 1.96 bits per heavy atom. The van der Waals surface area contributed by atoms with E-state index in [1.807, 2.05) is 57.2 Å². The molecule has 1 aromatic carbocycles. The molecule has 124 valence electrons. The van der Waals surface area contributed by atoms with E-state index in [2.05, 4.69) is 10.3 Å². The van der Waals surface area contributed by atoms with Gasteiger partial charge in [-0.25, -0.2) is 4.98 Å². The molecule has 5 nitrogen and oxygen atoms in total. The fourth-order valence-electron chi connectivity index (χ4n) is 2.42. The predicted molar refractivity (Wildman–Crippen MR) is 97.2 cm³/mol. The van der Waals surface area contributed by atoms with Crippen LogP contribution in [0.5, 0.6) is 0 Å². The highest BCUT2D eigenvalue weighted by Gasteiger charge is 2.16. The summed E-state index contributed by atoms with van der Waals surface area (Å²) < 4.78 is 1.93. The van der Waals surface area contributed by atoms with Crippen LogP contribution in [0.25, 0.3) is 20.7 Å². The number of carbonyl (C=O) groups excluding carboxylic acids is 1. The molecule has 0 saturated carbocycles. The summed E-state index contributed by atoms with van der Waals surface area (Å²) in [5.74, 6) is -0.203. The quantitative estimate of drug-likeness (QED) is 0.796. The Balaban J connectivity index is 1.94. The molecule has 2 aromatic heterocycles. The number of hydrogen-bond donors (Lipinski definition) is 1. The molecule has 3 rings (SSSR count). The molecule has 0 saturated heterocycles. The zero-order valence-electron chi connectivity index (χ0n) is 13.9. The van der Waals surface area contributed by atoms with Crippen LogP contribution in [0.15, 0.2) is 47.5 Å². The van der Waals surface area contributed by atoms with Gasteiger partial charge in [-0.1, -0.05) is 30.3 Å². The topological polar surface area (TPSA) is 64.0 Å². The van der Waals surface area contributed by atoms with Gasteiger partial charge in [0.1, 0.15) is 11.2 Å². The third-order valence-electron chi connectivity index (χ3n) is 3.39. The van der Waals surface area contributed by atoms with Crippen molar-refractivity contribution in [3.63, 3.8) is 0 Å². The van der Waals surface area contributed by atoms with Crippen molar-refractivity contribution in [2.24, 2.45) is 0 Å². The molecule has 0 spiro atoms. The first-order valence-electron chi connectivity index (χ1n) is 7.69. The highest BCUT2D eigenvalue weighted by Crippen LogP contribution is 2.30. The van der Waals surface area contributed by atoms with Crippen LogP contribution in [0.1, 0.15) is 20.8 Å². The van der Waals surface area contributed by atoms with Gasteiger partial charge in [0.25, 0.3) is 5.56 Å². The highest BCUT2D eigenvalue weighted by atomic mass is 32.1. The molecule has 0 unspecified atom stereocenters. The van der Waals surface area contributed by atoms with Crippen LogP contribution in [0.3, 0.4) is 0 Å². The van der Waals surface area contributed by atoms with Crippen molar-refractivity contribution in [1.29, 1.82) is 0 Å². The molecular formula is C18H19N3O2S. The Morgan fingerprint density at radius 1 is 1.25 bits per heavy atom. The molecule has 0 aliphatic carbocycles. The lowest BCUT2D eigenvalue weighted by atomic mass is 10.1. The summed E-state index contributed by atoms with van der Waals surface area (Å²) in [4.78, 5) is 30.0. The third-order valence-corrected chi connectivity index (χ3v) is 4.55. The van der Waals surface area contributed by atoms with E-state index in [1.165, 1.54) is 22.2 Å². The van der Waals surface area contributed by atoms with Gasteiger partial charge < -0.3 is 5.32 Å². The molecule has 0 atom stereocenters. The number of nitrogens with zero attached hydrogens (tertiary/aromatic N) is 2. The smallest absolute Gasteiger partial charge is 0.271 e. The summed E-state index contributed by atoms with van der Waals surface area (Å²) in [5.41, 5.74) is 1.20. The second kappa shape index (κ2) is 6.20. The first-order valence-corrected chi connectivity index (χ1v) is 8.50. The van der Waals surface area contributed by atoms with Crippen LogP contribution >= 0.6 is 11.3 Å². The monoisotopic (exact) mass is 341 g/mol. The predicted octanol–water partition coefficient (Wildman–Crippen LogP) is 3.04. The summed E-state index contributed by atoms with van der Waals surface area (Å²) >= 11 is 1.40. The summed E-state index contributed by atoms with van der Waals surface area (Å²) in [7, 11) is 0. The minimum Gasteiger partial charge on any atom is -0.350 e. The van der Waals surface area contributed by atoms with Crippen LogP contribution < -0.4 is 10.9 Å². The summed E-state index contributed by atoms with van der Waals surface area (Å²) in [6.07, 6.45) is 1.44. The molecule has 0 fully saturated rings. The average molecular weight is 341 g/mol. The number of nitrogens with one attached hydrogen (secondary N) is 1. The molecule has 2 heterocycles. The Bertz CT molecular complexity index is 936. The van der Waals surface area contributed by atoms with Crippen LogP contribution in [0, 0.1) is 0 Å². The minimum absolute atomic E-state index is 0.0301. The lowest BCUT2D eigenvalue weighted by Gasteiger charge is -2.20. The average Bonchev–Trinajstić information content (AvgIpc) is 2.94. The Labute approximate surface area is 144 Å². The lowest BCUT2D eigenvalue weighted by Crippen LogP contribution is -2.43. The Hall–Kier alpha value is -2.47. The molecular weight excluding hydrogens is 322 g/mol. The van der Waals surface area contributed by atoms with Gasteiger partial charge in [0.05, 0.1) is 11.8 Å². The van der Waals surface area contributed by atoms with Gasteiger partial charge in [-0.05, 0) is 32.4 Å². The van der Waals surface area contributed by atoms with Crippen LogP contribution in [-0.4, -0.2) is 21.0 Å². The number of amides is 1. The van der Waals surface area contributed by atoms with E-state index in [0.717, 1.165) is 10.4 Å². The van der Waals surface area contributed by atoms with Crippen molar-refractivity contribution in [2.75, 3.05) is 0 Å². The van der Waals surface area contributed by atoms with Gasteiger partial charge in [0.2, 0.25) is 5.91 Å². The van der Waals surface area contributed by atoms with Crippen LogP contribution in [0.2, 0.25) is 0 Å². The zero-order chi connectivity index (χ0) is 17.3. The number of benzene rings is 1. The van der Waals surface area contributed by atoms with Crippen molar-refractivity contribution in [3.8, 4) is 10.4 Å². The van der Waals surface area contributed by atoms with E-state index in [4.69, 9.17) is 0 Å². The largest absolute Gasteiger partial charge is 0.350 e. The van der Waals surface area contributed by atoms with E-state index >= 15 is 0 Å². The van der Waals surface area contributed by atoms with E-state index in [9.17, 15) is 9.59 Å². The van der Waals surface area contributed by atoms with Gasteiger partial charge in [-0.2, -0.15) is 0 Å². The van der Waals surface area contributed by atoms with E-state index in [1.54, 1.807) is 0 Å². The molecule has 1 N–H and O–H groups in total. The molecule has 1 amide bonds. The van der Waals surface area contributed by atoms with Crippen molar-refractivity contribution in [3.05, 3.63) is 53.1 Å². The van der Waals surface area contributed by atoms with E-state index in [0.29, 0.717) is 10.2 Å². The second-order valence-electron chi connectivity index (χ2n) is 6.67. The van der Waals surface area contributed by atoms with Crippen molar-refractivity contribution < 1.29 is 4.79 Å². The molecule has 6 heteroatoms. The first kappa shape index (κ1) is 16.4. The number of fused-ring (bicyclic) bond motifs is 1. The van der Waals surface area contributed by atoms with Crippen LogP contribution in [0.4, 0.5) is 0 Å². The molecule has 0 radical (unpaired) electrons. The maximum Gasteiger partial charge on any atom is 0.271 e.